The Morgan fingerprint density at radius 1 is 1.14 bits per heavy atom. The molecule has 1 saturated heterocycles. The van der Waals surface area contributed by atoms with Crippen molar-refractivity contribution in [1.82, 2.24) is 14.6 Å². The van der Waals surface area contributed by atoms with Gasteiger partial charge in [0.25, 0.3) is 5.91 Å². The molecule has 0 bridgehead atoms. The van der Waals surface area contributed by atoms with E-state index in [2.05, 4.69) is 10.5 Å². The fourth-order valence-corrected chi connectivity index (χ4v) is 5.11. The van der Waals surface area contributed by atoms with E-state index in [1.54, 1.807) is 41.8 Å². The number of hydrazone groups is 1. The van der Waals surface area contributed by atoms with Crippen LogP contribution in [-0.4, -0.2) is 62.5 Å². The standard InChI is InChI=1S/C19H24N4O3S2/c1-15-3-5-17(6-4-15)28(25,26)23-10-8-22(9-11-23)14-19(24)21-20-13-18-16(2)7-12-27-18/h3-7,12-13H,8-11,14H2,1-2H3,(H,21,24). The van der Waals surface area contributed by atoms with Crippen molar-refractivity contribution < 1.29 is 13.2 Å². The molecule has 2 aromatic rings. The van der Waals surface area contributed by atoms with E-state index in [0.29, 0.717) is 31.1 Å². The Morgan fingerprint density at radius 3 is 2.43 bits per heavy atom. The van der Waals surface area contributed by atoms with Crippen molar-refractivity contribution in [2.75, 3.05) is 32.7 Å². The van der Waals surface area contributed by atoms with Gasteiger partial charge in [-0.25, -0.2) is 13.8 Å². The van der Waals surface area contributed by atoms with Gasteiger partial charge < -0.3 is 0 Å². The molecule has 0 atom stereocenters. The van der Waals surface area contributed by atoms with Gasteiger partial charge in [-0.05, 0) is 43.0 Å². The first-order valence-corrected chi connectivity index (χ1v) is 11.3. The molecule has 1 N–H and O–H groups in total. The van der Waals surface area contributed by atoms with Gasteiger partial charge in [-0.1, -0.05) is 17.7 Å². The first kappa shape index (κ1) is 20.7. The zero-order valence-corrected chi connectivity index (χ0v) is 17.6. The summed E-state index contributed by atoms with van der Waals surface area (Å²) in [4.78, 5) is 15.3. The predicted molar refractivity (Wildman–Crippen MR) is 111 cm³/mol. The number of carbonyl (C=O) groups excluding carboxylic acids is 1. The molecule has 0 radical (unpaired) electrons. The first-order chi connectivity index (χ1) is 13.4. The molecule has 0 saturated carbocycles. The molecule has 1 fully saturated rings. The number of aryl methyl sites for hydroxylation is 2. The minimum atomic E-state index is -3.49. The highest BCUT2D eigenvalue weighted by molar-refractivity contribution is 7.89. The lowest BCUT2D eigenvalue weighted by molar-refractivity contribution is -0.122. The number of hydrogen-bond acceptors (Lipinski definition) is 6. The molecular formula is C19H24N4O3S2. The Labute approximate surface area is 169 Å². The molecule has 28 heavy (non-hydrogen) atoms. The molecule has 1 aliphatic heterocycles. The van der Waals surface area contributed by atoms with Crippen LogP contribution in [0.25, 0.3) is 0 Å². The normalized spacial score (nSPS) is 16.5. The zero-order valence-electron chi connectivity index (χ0n) is 16.0. The van der Waals surface area contributed by atoms with E-state index in [4.69, 9.17) is 0 Å². The summed E-state index contributed by atoms with van der Waals surface area (Å²) >= 11 is 1.56. The zero-order chi connectivity index (χ0) is 20.1. The van der Waals surface area contributed by atoms with E-state index in [-0.39, 0.29) is 12.5 Å². The topological polar surface area (TPSA) is 82.1 Å². The monoisotopic (exact) mass is 420 g/mol. The number of carbonyl (C=O) groups is 1. The smallest absolute Gasteiger partial charge is 0.254 e. The molecule has 0 spiro atoms. The summed E-state index contributed by atoms with van der Waals surface area (Å²) in [5, 5.41) is 5.97. The van der Waals surface area contributed by atoms with E-state index in [0.717, 1.165) is 16.0 Å². The third kappa shape index (κ3) is 5.05. The first-order valence-electron chi connectivity index (χ1n) is 9.01. The largest absolute Gasteiger partial charge is 0.292 e. The summed E-state index contributed by atoms with van der Waals surface area (Å²) in [5.74, 6) is -0.208. The fourth-order valence-electron chi connectivity index (χ4n) is 2.91. The van der Waals surface area contributed by atoms with E-state index in [9.17, 15) is 13.2 Å². The van der Waals surface area contributed by atoms with Crippen molar-refractivity contribution in [3.8, 4) is 0 Å². The number of rotatable bonds is 6. The van der Waals surface area contributed by atoms with Crippen molar-refractivity contribution in [3.05, 3.63) is 51.7 Å². The number of nitrogens with zero attached hydrogens (tertiary/aromatic N) is 3. The lowest BCUT2D eigenvalue weighted by Crippen LogP contribution is -2.50. The average molecular weight is 421 g/mol. The Balaban J connectivity index is 1.48. The average Bonchev–Trinajstić information content (AvgIpc) is 3.07. The van der Waals surface area contributed by atoms with Gasteiger partial charge in [0.2, 0.25) is 10.0 Å². The maximum absolute atomic E-state index is 12.7. The highest BCUT2D eigenvalue weighted by atomic mass is 32.2. The number of nitrogens with one attached hydrogen (secondary N) is 1. The van der Waals surface area contributed by atoms with E-state index < -0.39 is 10.0 Å². The number of hydrogen-bond donors (Lipinski definition) is 1. The maximum Gasteiger partial charge on any atom is 0.254 e. The summed E-state index contributed by atoms with van der Waals surface area (Å²) in [6.07, 6.45) is 1.64. The summed E-state index contributed by atoms with van der Waals surface area (Å²) in [6.45, 7) is 5.84. The van der Waals surface area contributed by atoms with E-state index in [1.807, 2.05) is 30.2 Å². The van der Waals surface area contributed by atoms with Crippen molar-refractivity contribution in [2.45, 2.75) is 18.7 Å². The van der Waals surface area contributed by atoms with Crippen LogP contribution in [0.15, 0.2) is 45.7 Å². The quantitative estimate of drug-likeness (QED) is 0.571. The van der Waals surface area contributed by atoms with Gasteiger partial charge in [-0.2, -0.15) is 9.41 Å². The Bertz CT molecular complexity index is 944. The minimum absolute atomic E-state index is 0.194. The number of sulfonamides is 1. The van der Waals surface area contributed by atoms with Crippen molar-refractivity contribution in [3.63, 3.8) is 0 Å². The number of benzene rings is 1. The highest BCUT2D eigenvalue weighted by Gasteiger charge is 2.28. The lowest BCUT2D eigenvalue weighted by Gasteiger charge is -2.33. The van der Waals surface area contributed by atoms with Gasteiger partial charge in [0.1, 0.15) is 0 Å². The van der Waals surface area contributed by atoms with Crippen LogP contribution in [0.3, 0.4) is 0 Å². The van der Waals surface area contributed by atoms with Gasteiger partial charge >= 0.3 is 0 Å². The highest BCUT2D eigenvalue weighted by Crippen LogP contribution is 2.18. The van der Waals surface area contributed by atoms with Crippen LogP contribution in [0.4, 0.5) is 0 Å². The molecule has 7 nitrogen and oxygen atoms in total. The maximum atomic E-state index is 12.7. The molecule has 1 aromatic carbocycles. The van der Waals surface area contributed by atoms with Crippen LogP contribution in [0.5, 0.6) is 0 Å². The van der Waals surface area contributed by atoms with Crippen LogP contribution in [0.1, 0.15) is 16.0 Å². The molecule has 1 amide bonds. The molecule has 3 rings (SSSR count). The SMILES string of the molecule is Cc1ccc(S(=O)(=O)N2CCN(CC(=O)NN=Cc3sccc3C)CC2)cc1. The van der Waals surface area contributed by atoms with Crippen LogP contribution < -0.4 is 5.43 Å². The number of amides is 1. The van der Waals surface area contributed by atoms with Crippen LogP contribution in [0.2, 0.25) is 0 Å². The van der Waals surface area contributed by atoms with Gasteiger partial charge in [-0.3, -0.25) is 9.69 Å². The second kappa shape index (κ2) is 8.95. The number of thiophene rings is 1. The molecule has 0 unspecified atom stereocenters. The van der Waals surface area contributed by atoms with Gasteiger partial charge in [-0.15, -0.1) is 11.3 Å². The minimum Gasteiger partial charge on any atom is -0.292 e. The van der Waals surface area contributed by atoms with Gasteiger partial charge in [0.15, 0.2) is 0 Å². The van der Waals surface area contributed by atoms with Crippen LogP contribution in [-0.2, 0) is 14.8 Å². The summed E-state index contributed by atoms with van der Waals surface area (Å²) < 4.78 is 26.9. The predicted octanol–water partition coefficient (Wildman–Crippen LogP) is 1.82. The van der Waals surface area contributed by atoms with Crippen molar-refractivity contribution >= 4 is 33.5 Å². The second-order valence-electron chi connectivity index (χ2n) is 6.75. The molecular weight excluding hydrogens is 396 g/mol. The summed E-state index contributed by atoms with van der Waals surface area (Å²) in [7, 11) is -3.49. The van der Waals surface area contributed by atoms with E-state index >= 15 is 0 Å². The van der Waals surface area contributed by atoms with Crippen molar-refractivity contribution in [1.29, 1.82) is 0 Å². The molecule has 1 aromatic heterocycles. The molecule has 1 aliphatic rings. The number of piperazine rings is 1. The molecule has 150 valence electrons. The molecule has 0 aliphatic carbocycles. The second-order valence-corrected chi connectivity index (χ2v) is 9.64. The summed E-state index contributed by atoms with van der Waals surface area (Å²) in [5.41, 5.74) is 4.67. The third-order valence-corrected chi connectivity index (χ3v) is 7.50. The van der Waals surface area contributed by atoms with Crippen molar-refractivity contribution in [2.24, 2.45) is 5.10 Å². The summed E-state index contributed by atoms with van der Waals surface area (Å²) in [6, 6.07) is 8.87. The van der Waals surface area contributed by atoms with Gasteiger partial charge in [0, 0.05) is 31.1 Å². The fraction of sp³-hybridized carbons (Fsp3) is 0.368. The lowest BCUT2D eigenvalue weighted by atomic mass is 10.2. The third-order valence-electron chi connectivity index (χ3n) is 4.63. The molecule has 9 heteroatoms. The Hall–Kier alpha value is -2.07. The Morgan fingerprint density at radius 2 is 1.82 bits per heavy atom. The van der Waals surface area contributed by atoms with Crippen LogP contribution >= 0.6 is 11.3 Å². The molecule has 2 heterocycles. The van der Waals surface area contributed by atoms with Gasteiger partial charge in [0.05, 0.1) is 17.7 Å². The van der Waals surface area contributed by atoms with E-state index in [1.165, 1.54) is 4.31 Å². The Kier molecular flexibility index (Phi) is 6.61. The van der Waals surface area contributed by atoms with Crippen LogP contribution in [0, 0.1) is 13.8 Å².